The molecule has 3 aromatic rings. The molecule has 7 heteroatoms. The van der Waals surface area contributed by atoms with Crippen LogP contribution in [0.1, 0.15) is 35.9 Å². The van der Waals surface area contributed by atoms with Gasteiger partial charge in [0.25, 0.3) is 0 Å². The van der Waals surface area contributed by atoms with Crippen molar-refractivity contribution in [2.75, 3.05) is 11.4 Å². The lowest BCUT2D eigenvalue weighted by molar-refractivity contribution is 0.509. The maximum absolute atomic E-state index is 4.70. The van der Waals surface area contributed by atoms with Gasteiger partial charge in [-0.3, -0.25) is 0 Å². The summed E-state index contributed by atoms with van der Waals surface area (Å²) in [4.78, 5) is 14.3. The lowest BCUT2D eigenvalue weighted by atomic mass is 9.89. The summed E-state index contributed by atoms with van der Waals surface area (Å²) in [5.41, 5.74) is 2.66. The first-order chi connectivity index (χ1) is 11.8. The van der Waals surface area contributed by atoms with Gasteiger partial charge in [0.15, 0.2) is 0 Å². The van der Waals surface area contributed by atoms with Crippen molar-refractivity contribution in [1.29, 1.82) is 0 Å². The standard InChI is InChI=1S/C17H20N6S/c1-11-3-4-13-14(7-11)24-17-15(13)16(18-10-19-17)22-5-2-6-23-12(9-22)8-20-21-23/h8,10-11H,2-7,9H2,1H3. The molecule has 1 atom stereocenters. The molecule has 5 rings (SSSR count). The minimum atomic E-state index is 0.778. The van der Waals surface area contributed by atoms with Gasteiger partial charge in [0.05, 0.1) is 23.8 Å². The van der Waals surface area contributed by atoms with Gasteiger partial charge in [0.2, 0.25) is 0 Å². The monoisotopic (exact) mass is 340 g/mol. The predicted octanol–water partition coefficient (Wildman–Crippen LogP) is 2.82. The molecule has 0 bridgehead atoms. The molecule has 0 amide bonds. The van der Waals surface area contributed by atoms with Gasteiger partial charge in [0.1, 0.15) is 17.0 Å². The fourth-order valence-corrected chi connectivity index (χ4v) is 5.30. The van der Waals surface area contributed by atoms with E-state index in [4.69, 9.17) is 4.98 Å². The zero-order valence-corrected chi connectivity index (χ0v) is 14.6. The van der Waals surface area contributed by atoms with Gasteiger partial charge in [-0.1, -0.05) is 12.1 Å². The zero-order chi connectivity index (χ0) is 16.1. The molecule has 1 aliphatic heterocycles. The quantitative estimate of drug-likeness (QED) is 0.682. The summed E-state index contributed by atoms with van der Waals surface area (Å²) in [6.45, 7) is 5.10. The average molecular weight is 340 g/mol. The molecule has 0 fully saturated rings. The predicted molar refractivity (Wildman–Crippen MR) is 94.3 cm³/mol. The Labute approximate surface area is 144 Å². The molecule has 0 N–H and O–H groups in total. The maximum atomic E-state index is 4.70. The Morgan fingerprint density at radius 2 is 2.21 bits per heavy atom. The Balaban J connectivity index is 1.62. The van der Waals surface area contributed by atoms with Gasteiger partial charge >= 0.3 is 0 Å². The van der Waals surface area contributed by atoms with Crippen LogP contribution in [0.2, 0.25) is 0 Å². The number of anilines is 1. The Kier molecular flexibility index (Phi) is 3.29. The van der Waals surface area contributed by atoms with Crippen LogP contribution in [0.5, 0.6) is 0 Å². The van der Waals surface area contributed by atoms with Crippen molar-refractivity contribution in [3.63, 3.8) is 0 Å². The van der Waals surface area contributed by atoms with Crippen LogP contribution in [0.25, 0.3) is 10.2 Å². The Morgan fingerprint density at radius 1 is 1.25 bits per heavy atom. The van der Waals surface area contributed by atoms with Gasteiger partial charge in [-0.25, -0.2) is 14.6 Å². The molecule has 0 saturated heterocycles. The van der Waals surface area contributed by atoms with Crippen molar-refractivity contribution in [2.24, 2.45) is 5.92 Å². The summed E-state index contributed by atoms with van der Waals surface area (Å²) in [5.74, 6) is 1.88. The lowest BCUT2D eigenvalue weighted by Gasteiger charge is -2.23. The van der Waals surface area contributed by atoms with E-state index >= 15 is 0 Å². The first-order valence-electron chi connectivity index (χ1n) is 8.67. The normalized spacial score (nSPS) is 20.7. The molecule has 0 radical (unpaired) electrons. The average Bonchev–Trinajstić information content (AvgIpc) is 3.12. The van der Waals surface area contributed by atoms with Crippen molar-refractivity contribution < 1.29 is 0 Å². The molecule has 0 spiro atoms. The van der Waals surface area contributed by atoms with Gasteiger partial charge in [0, 0.05) is 18.0 Å². The molecule has 1 unspecified atom stereocenters. The second-order valence-electron chi connectivity index (χ2n) is 6.95. The van der Waals surface area contributed by atoms with Crippen LogP contribution in [0, 0.1) is 5.92 Å². The van der Waals surface area contributed by atoms with Crippen LogP contribution < -0.4 is 4.90 Å². The zero-order valence-electron chi connectivity index (χ0n) is 13.8. The number of thiophene rings is 1. The molecule has 3 aromatic heterocycles. The number of fused-ring (bicyclic) bond motifs is 4. The van der Waals surface area contributed by atoms with E-state index in [1.165, 1.54) is 28.7 Å². The third-order valence-electron chi connectivity index (χ3n) is 5.22. The molecule has 1 aliphatic carbocycles. The van der Waals surface area contributed by atoms with Crippen LogP contribution >= 0.6 is 11.3 Å². The summed E-state index contributed by atoms with van der Waals surface area (Å²) in [5, 5.41) is 9.54. The second-order valence-corrected chi connectivity index (χ2v) is 8.04. The van der Waals surface area contributed by atoms with Crippen LogP contribution in [0.3, 0.4) is 0 Å². The van der Waals surface area contributed by atoms with E-state index < -0.39 is 0 Å². The second kappa shape index (κ2) is 5.51. The maximum Gasteiger partial charge on any atom is 0.141 e. The molecule has 124 valence electrons. The fourth-order valence-electron chi connectivity index (χ4n) is 3.95. The van der Waals surface area contributed by atoms with E-state index in [1.54, 1.807) is 6.33 Å². The molecule has 2 aliphatic rings. The molecule has 0 aromatic carbocycles. The van der Waals surface area contributed by atoms with Crippen molar-refractivity contribution in [1.82, 2.24) is 25.0 Å². The highest BCUT2D eigenvalue weighted by Crippen LogP contribution is 2.41. The summed E-state index contributed by atoms with van der Waals surface area (Å²) in [6.07, 6.45) is 8.27. The van der Waals surface area contributed by atoms with Crippen molar-refractivity contribution in [3.05, 3.63) is 28.7 Å². The van der Waals surface area contributed by atoms with Crippen molar-refractivity contribution in [3.8, 4) is 0 Å². The topological polar surface area (TPSA) is 59.7 Å². The summed E-state index contributed by atoms with van der Waals surface area (Å²) >= 11 is 1.87. The van der Waals surface area contributed by atoms with E-state index in [1.807, 2.05) is 22.2 Å². The third kappa shape index (κ3) is 2.22. The highest BCUT2D eigenvalue weighted by molar-refractivity contribution is 7.19. The SMILES string of the molecule is CC1CCc2c(sc3ncnc(N4CCCn5nncc5C4)c23)C1. The first-order valence-corrected chi connectivity index (χ1v) is 9.49. The largest absolute Gasteiger partial charge is 0.350 e. The molecule has 4 heterocycles. The molecule has 0 saturated carbocycles. The number of aromatic nitrogens is 5. The summed E-state index contributed by atoms with van der Waals surface area (Å²) in [7, 11) is 0. The van der Waals surface area contributed by atoms with E-state index in [9.17, 15) is 0 Å². The number of rotatable bonds is 1. The van der Waals surface area contributed by atoms with Crippen LogP contribution in [0.4, 0.5) is 5.82 Å². The molecular weight excluding hydrogens is 320 g/mol. The minimum absolute atomic E-state index is 0.778. The number of hydrogen-bond donors (Lipinski definition) is 0. The molecule has 24 heavy (non-hydrogen) atoms. The van der Waals surface area contributed by atoms with Crippen LogP contribution in [0.15, 0.2) is 12.5 Å². The van der Waals surface area contributed by atoms with E-state index in [2.05, 4.69) is 27.1 Å². The van der Waals surface area contributed by atoms with Gasteiger partial charge in [-0.15, -0.1) is 16.4 Å². The Bertz CT molecular complexity index is 898. The van der Waals surface area contributed by atoms with Crippen molar-refractivity contribution >= 4 is 27.4 Å². The molecule has 6 nitrogen and oxygen atoms in total. The summed E-state index contributed by atoms with van der Waals surface area (Å²) < 4.78 is 2.02. The minimum Gasteiger partial charge on any atom is -0.350 e. The van der Waals surface area contributed by atoms with E-state index in [-0.39, 0.29) is 0 Å². The molecular formula is C17H20N6S. The fraction of sp³-hybridized carbons (Fsp3) is 0.529. The highest BCUT2D eigenvalue weighted by atomic mass is 32.1. The highest BCUT2D eigenvalue weighted by Gasteiger charge is 2.26. The number of aryl methyl sites for hydroxylation is 2. The first kappa shape index (κ1) is 14.3. The number of hydrogen-bond acceptors (Lipinski definition) is 6. The summed E-state index contributed by atoms with van der Waals surface area (Å²) in [6, 6.07) is 0. The van der Waals surface area contributed by atoms with Crippen molar-refractivity contribution in [2.45, 2.75) is 45.7 Å². The van der Waals surface area contributed by atoms with Crippen LogP contribution in [-0.4, -0.2) is 31.5 Å². The Hall–Kier alpha value is -2.02. The third-order valence-corrected chi connectivity index (χ3v) is 6.38. The van der Waals surface area contributed by atoms with Gasteiger partial charge in [-0.2, -0.15) is 0 Å². The Morgan fingerprint density at radius 3 is 3.17 bits per heavy atom. The lowest BCUT2D eigenvalue weighted by Crippen LogP contribution is -2.24. The van der Waals surface area contributed by atoms with E-state index in [0.717, 1.165) is 54.7 Å². The number of nitrogens with zero attached hydrogens (tertiary/aromatic N) is 6. The van der Waals surface area contributed by atoms with Gasteiger partial charge in [-0.05, 0) is 37.2 Å². The smallest absolute Gasteiger partial charge is 0.141 e. The van der Waals surface area contributed by atoms with Crippen LogP contribution in [-0.2, 0) is 25.9 Å². The van der Waals surface area contributed by atoms with Gasteiger partial charge < -0.3 is 4.90 Å². The van der Waals surface area contributed by atoms with E-state index in [0.29, 0.717) is 0 Å².